The maximum atomic E-state index is 10.7. The summed E-state index contributed by atoms with van der Waals surface area (Å²) in [5.74, 6) is 0.660. The second-order valence-electron chi connectivity index (χ2n) is 2.13. The molecule has 0 aliphatic carbocycles. The predicted octanol–water partition coefficient (Wildman–Crippen LogP) is 2.01. The van der Waals surface area contributed by atoms with Crippen LogP contribution >= 0.6 is 0 Å². The Morgan fingerprint density at radius 1 is 1.50 bits per heavy atom. The van der Waals surface area contributed by atoms with Gasteiger partial charge in [0.2, 0.25) is 0 Å². The number of carbonyl (C=O) groups excluding carboxylic acids is 1. The van der Waals surface area contributed by atoms with Gasteiger partial charge >= 0.3 is 0 Å². The fourth-order valence-corrected chi connectivity index (χ4v) is 0.576. The molecule has 0 spiro atoms. The van der Waals surface area contributed by atoms with Crippen LogP contribution in [0, 0.1) is 5.92 Å². The number of hydrogen-bond acceptors (Lipinski definition) is 1. The highest BCUT2D eigenvalue weighted by Gasteiger charge is 2.05. The van der Waals surface area contributed by atoms with Crippen LogP contribution in [0.15, 0.2) is 0 Å². The van der Waals surface area contributed by atoms with E-state index >= 15 is 0 Å². The molecule has 1 heteroatoms. The molecule has 0 aromatic carbocycles. The average Bonchev–Trinajstić information content (AvgIpc) is 1.84. The Labute approximate surface area is 51.1 Å². The molecule has 0 aromatic heterocycles. The molecular formula is C7H14O. The van der Waals surface area contributed by atoms with Crippen molar-refractivity contribution in [1.82, 2.24) is 0 Å². The monoisotopic (exact) mass is 114 g/mol. The van der Waals surface area contributed by atoms with Crippen LogP contribution in [0.5, 0.6) is 0 Å². The first-order chi connectivity index (χ1) is 3.72. The third kappa shape index (κ3) is 2.10. The van der Waals surface area contributed by atoms with Crippen LogP contribution < -0.4 is 0 Å². The van der Waals surface area contributed by atoms with Crippen LogP contribution in [0.2, 0.25) is 0 Å². The van der Waals surface area contributed by atoms with E-state index in [1.54, 1.807) is 0 Å². The van der Waals surface area contributed by atoms with E-state index in [1.165, 1.54) is 0 Å². The first-order valence-electron chi connectivity index (χ1n) is 3.25. The van der Waals surface area contributed by atoms with Crippen molar-refractivity contribution in [1.29, 1.82) is 0 Å². The summed E-state index contributed by atoms with van der Waals surface area (Å²) in [7, 11) is 0. The van der Waals surface area contributed by atoms with Crippen molar-refractivity contribution in [2.45, 2.75) is 33.6 Å². The van der Waals surface area contributed by atoms with E-state index in [0.717, 1.165) is 6.42 Å². The second kappa shape index (κ2) is 3.65. The van der Waals surface area contributed by atoms with Crippen molar-refractivity contribution >= 4 is 5.78 Å². The highest BCUT2D eigenvalue weighted by Crippen LogP contribution is 2.03. The standard InChI is InChI=1S/C7H14O/c1-4-6(3)7(8)5-2/h6H,4-5H2,1-3H3/t6-/m0/s1. The summed E-state index contributed by atoms with van der Waals surface area (Å²) in [6.45, 7) is 5.93. The Morgan fingerprint density at radius 2 is 2.00 bits per heavy atom. The maximum absolute atomic E-state index is 10.7. The third-order valence-electron chi connectivity index (χ3n) is 1.51. The first kappa shape index (κ1) is 7.67. The van der Waals surface area contributed by atoms with Crippen LogP contribution in [0.25, 0.3) is 0 Å². The lowest BCUT2D eigenvalue weighted by Gasteiger charge is -2.02. The summed E-state index contributed by atoms with van der Waals surface area (Å²) in [6.07, 6.45) is 1.67. The number of hydrogen-bond donors (Lipinski definition) is 0. The summed E-state index contributed by atoms with van der Waals surface area (Å²) < 4.78 is 0. The van der Waals surface area contributed by atoms with Gasteiger partial charge in [0.05, 0.1) is 0 Å². The zero-order chi connectivity index (χ0) is 6.57. The molecule has 48 valence electrons. The first-order valence-corrected chi connectivity index (χ1v) is 3.25. The van der Waals surface area contributed by atoms with Crippen molar-refractivity contribution in [2.75, 3.05) is 0 Å². The molecule has 1 nitrogen and oxygen atoms in total. The lowest BCUT2D eigenvalue weighted by Crippen LogP contribution is -2.06. The van der Waals surface area contributed by atoms with Crippen molar-refractivity contribution in [3.8, 4) is 0 Å². The SMILES string of the molecule is CCC(=O)[C@@H](C)CC. The fraction of sp³-hybridized carbons (Fsp3) is 0.857. The summed E-state index contributed by atoms with van der Waals surface area (Å²) in [4.78, 5) is 10.7. The van der Waals surface area contributed by atoms with E-state index in [-0.39, 0.29) is 5.92 Å². The van der Waals surface area contributed by atoms with E-state index in [9.17, 15) is 4.79 Å². The van der Waals surface area contributed by atoms with Gasteiger partial charge in [-0.25, -0.2) is 0 Å². The van der Waals surface area contributed by atoms with E-state index in [4.69, 9.17) is 0 Å². The summed E-state index contributed by atoms with van der Waals surface area (Å²) in [5.41, 5.74) is 0. The van der Waals surface area contributed by atoms with Crippen LogP contribution in [-0.4, -0.2) is 5.78 Å². The van der Waals surface area contributed by atoms with Crippen LogP contribution in [0.1, 0.15) is 33.6 Å². The molecule has 0 unspecified atom stereocenters. The highest BCUT2D eigenvalue weighted by atomic mass is 16.1. The van der Waals surface area contributed by atoms with Crippen molar-refractivity contribution in [3.63, 3.8) is 0 Å². The molecule has 0 fully saturated rings. The van der Waals surface area contributed by atoms with Gasteiger partial charge in [-0.3, -0.25) is 4.79 Å². The number of carbonyl (C=O) groups is 1. The van der Waals surface area contributed by atoms with Gasteiger partial charge in [0.25, 0.3) is 0 Å². The Hall–Kier alpha value is -0.330. The molecular weight excluding hydrogens is 100 g/mol. The minimum atomic E-state index is 0.278. The Kier molecular flexibility index (Phi) is 3.49. The number of ketones is 1. The summed E-state index contributed by atoms with van der Waals surface area (Å²) >= 11 is 0. The Bertz CT molecular complexity index is 76.5. The Morgan fingerprint density at radius 3 is 2.12 bits per heavy atom. The quantitative estimate of drug-likeness (QED) is 0.548. The van der Waals surface area contributed by atoms with Crippen molar-refractivity contribution in [3.05, 3.63) is 0 Å². The van der Waals surface area contributed by atoms with Gasteiger partial charge in [-0.1, -0.05) is 20.8 Å². The van der Waals surface area contributed by atoms with Crippen LogP contribution in [0.4, 0.5) is 0 Å². The highest BCUT2D eigenvalue weighted by molar-refractivity contribution is 5.80. The summed E-state index contributed by atoms with van der Waals surface area (Å²) in [6, 6.07) is 0. The number of rotatable bonds is 3. The molecule has 1 atom stereocenters. The lowest BCUT2D eigenvalue weighted by molar-refractivity contribution is -0.122. The molecule has 0 rings (SSSR count). The molecule has 0 aliphatic heterocycles. The van der Waals surface area contributed by atoms with Gasteiger partial charge in [-0.05, 0) is 6.42 Å². The number of Topliss-reactive ketones (excluding diaryl/α,β-unsaturated/α-hetero) is 1. The molecule has 0 aromatic rings. The van der Waals surface area contributed by atoms with Gasteiger partial charge in [0.1, 0.15) is 5.78 Å². The van der Waals surface area contributed by atoms with E-state index in [0.29, 0.717) is 12.2 Å². The largest absolute Gasteiger partial charge is 0.299 e. The van der Waals surface area contributed by atoms with E-state index in [1.807, 2.05) is 20.8 Å². The van der Waals surface area contributed by atoms with E-state index in [2.05, 4.69) is 0 Å². The van der Waals surface area contributed by atoms with Gasteiger partial charge < -0.3 is 0 Å². The zero-order valence-corrected chi connectivity index (χ0v) is 5.90. The maximum Gasteiger partial charge on any atom is 0.135 e. The molecule has 8 heavy (non-hydrogen) atoms. The molecule has 0 N–H and O–H groups in total. The fourth-order valence-electron chi connectivity index (χ4n) is 0.576. The molecule has 0 bridgehead atoms. The molecule has 0 heterocycles. The van der Waals surface area contributed by atoms with Crippen molar-refractivity contribution < 1.29 is 4.79 Å². The minimum Gasteiger partial charge on any atom is -0.299 e. The van der Waals surface area contributed by atoms with Gasteiger partial charge in [0, 0.05) is 12.3 Å². The second-order valence-corrected chi connectivity index (χ2v) is 2.13. The smallest absolute Gasteiger partial charge is 0.135 e. The van der Waals surface area contributed by atoms with Crippen LogP contribution in [-0.2, 0) is 4.79 Å². The van der Waals surface area contributed by atoms with Gasteiger partial charge in [-0.2, -0.15) is 0 Å². The molecule has 0 aliphatic rings. The van der Waals surface area contributed by atoms with Gasteiger partial charge in [0.15, 0.2) is 0 Å². The molecule has 0 amide bonds. The summed E-state index contributed by atoms with van der Waals surface area (Å²) in [5, 5.41) is 0. The van der Waals surface area contributed by atoms with Crippen LogP contribution in [0.3, 0.4) is 0 Å². The molecule has 0 saturated heterocycles. The van der Waals surface area contributed by atoms with Gasteiger partial charge in [-0.15, -0.1) is 0 Å². The molecule has 0 radical (unpaired) electrons. The van der Waals surface area contributed by atoms with Crippen molar-refractivity contribution in [2.24, 2.45) is 5.92 Å². The third-order valence-corrected chi connectivity index (χ3v) is 1.51. The topological polar surface area (TPSA) is 17.1 Å². The molecule has 0 saturated carbocycles. The lowest BCUT2D eigenvalue weighted by atomic mass is 10.0. The predicted molar refractivity (Wildman–Crippen MR) is 34.8 cm³/mol. The zero-order valence-electron chi connectivity index (χ0n) is 5.90. The normalized spacial score (nSPS) is 13.4. The van der Waals surface area contributed by atoms with E-state index < -0.39 is 0 Å². The Balaban J connectivity index is 3.46. The minimum absolute atomic E-state index is 0.278. The average molecular weight is 114 g/mol.